The SMILES string of the molecule is CCC(C)c1ccc(NC(N)=NCc2ccnc(N3CCN(CC)CC3)c2)cc1. The van der Waals surface area contributed by atoms with Gasteiger partial charge in [0.05, 0.1) is 6.54 Å². The third-order valence-corrected chi connectivity index (χ3v) is 5.75. The molecular formula is C23H34N6. The Hall–Kier alpha value is -2.60. The summed E-state index contributed by atoms with van der Waals surface area (Å²) in [5.41, 5.74) is 9.52. The lowest BCUT2D eigenvalue weighted by molar-refractivity contribution is 0.270. The smallest absolute Gasteiger partial charge is 0.193 e. The Morgan fingerprint density at radius 2 is 1.86 bits per heavy atom. The van der Waals surface area contributed by atoms with Crippen molar-refractivity contribution in [1.29, 1.82) is 0 Å². The summed E-state index contributed by atoms with van der Waals surface area (Å²) in [5, 5.41) is 3.18. The fraction of sp³-hybridized carbons (Fsp3) is 0.478. The second kappa shape index (κ2) is 10.3. The van der Waals surface area contributed by atoms with E-state index in [0.717, 1.165) is 56.2 Å². The molecule has 3 rings (SSSR count). The van der Waals surface area contributed by atoms with E-state index in [-0.39, 0.29) is 0 Å². The Bertz CT molecular complexity index is 793. The average molecular weight is 395 g/mol. The van der Waals surface area contributed by atoms with Crippen molar-refractivity contribution in [2.45, 2.75) is 39.7 Å². The van der Waals surface area contributed by atoms with E-state index in [1.165, 1.54) is 5.56 Å². The van der Waals surface area contributed by atoms with Gasteiger partial charge in [0, 0.05) is 38.1 Å². The first-order valence-corrected chi connectivity index (χ1v) is 10.7. The predicted octanol–water partition coefficient (Wildman–Crippen LogP) is 3.66. The summed E-state index contributed by atoms with van der Waals surface area (Å²) in [5.74, 6) is 2.03. The van der Waals surface area contributed by atoms with Gasteiger partial charge in [0.2, 0.25) is 0 Å². The second-order valence-electron chi connectivity index (χ2n) is 7.70. The van der Waals surface area contributed by atoms with Crippen LogP contribution in [0.4, 0.5) is 11.5 Å². The zero-order valence-corrected chi connectivity index (χ0v) is 17.9. The Morgan fingerprint density at radius 3 is 2.52 bits per heavy atom. The number of aliphatic imine (C=N–C) groups is 1. The highest BCUT2D eigenvalue weighted by atomic mass is 15.3. The second-order valence-corrected chi connectivity index (χ2v) is 7.70. The zero-order chi connectivity index (χ0) is 20.6. The maximum atomic E-state index is 6.10. The van der Waals surface area contributed by atoms with Crippen molar-refractivity contribution < 1.29 is 0 Å². The Kier molecular flexibility index (Phi) is 7.47. The van der Waals surface area contributed by atoms with Gasteiger partial charge in [-0.15, -0.1) is 0 Å². The molecule has 2 heterocycles. The van der Waals surface area contributed by atoms with Crippen LogP contribution < -0.4 is 16.0 Å². The monoisotopic (exact) mass is 394 g/mol. The summed E-state index contributed by atoms with van der Waals surface area (Å²) in [6.45, 7) is 12.5. The van der Waals surface area contributed by atoms with E-state index in [1.807, 2.05) is 12.3 Å². The van der Waals surface area contributed by atoms with Crippen LogP contribution in [0.15, 0.2) is 47.6 Å². The molecule has 1 fully saturated rings. The summed E-state index contributed by atoms with van der Waals surface area (Å²) in [7, 11) is 0. The van der Waals surface area contributed by atoms with Gasteiger partial charge < -0.3 is 20.9 Å². The first-order valence-electron chi connectivity index (χ1n) is 10.7. The van der Waals surface area contributed by atoms with Gasteiger partial charge in [-0.2, -0.15) is 0 Å². The molecule has 1 aromatic carbocycles. The molecule has 1 unspecified atom stereocenters. The van der Waals surface area contributed by atoms with E-state index in [0.29, 0.717) is 18.4 Å². The van der Waals surface area contributed by atoms with Gasteiger partial charge in [-0.05, 0) is 54.3 Å². The molecule has 156 valence electrons. The maximum absolute atomic E-state index is 6.10. The number of aromatic nitrogens is 1. The highest BCUT2D eigenvalue weighted by molar-refractivity contribution is 5.92. The summed E-state index contributed by atoms with van der Waals surface area (Å²) in [4.78, 5) is 13.9. The Labute approximate surface area is 174 Å². The molecule has 0 amide bonds. The van der Waals surface area contributed by atoms with Crippen molar-refractivity contribution in [2.24, 2.45) is 10.7 Å². The normalized spacial score (nSPS) is 16.7. The molecule has 1 aromatic heterocycles. The number of piperazine rings is 1. The van der Waals surface area contributed by atoms with Crippen molar-refractivity contribution >= 4 is 17.5 Å². The summed E-state index contributed by atoms with van der Waals surface area (Å²) in [6, 6.07) is 12.5. The molecule has 1 aliphatic rings. The number of hydrogen-bond donors (Lipinski definition) is 2. The molecule has 2 aromatic rings. The molecule has 3 N–H and O–H groups in total. The molecule has 1 atom stereocenters. The summed E-state index contributed by atoms with van der Waals surface area (Å²) in [6.07, 6.45) is 3.00. The summed E-state index contributed by atoms with van der Waals surface area (Å²) >= 11 is 0. The standard InChI is InChI=1S/C23H34N6/c1-4-18(3)20-6-8-21(9-7-20)27-23(24)26-17-19-10-11-25-22(16-19)29-14-12-28(5-2)13-15-29/h6-11,16,18H,4-5,12-15,17H2,1-3H3,(H3,24,26,27). The largest absolute Gasteiger partial charge is 0.370 e. The van der Waals surface area contributed by atoms with Crippen LogP contribution in [0.2, 0.25) is 0 Å². The number of guanidine groups is 1. The van der Waals surface area contributed by atoms with Crippen molar-refractivity contribution in [3.05, 3.63) is 53.7 Å². The minimum Gasteiger partial charge on any atom is -0.370 e. The number of rotatable bonds is 7. The van der Waals surface area contributed by atoms with Gasteiger partial charge in [-0.1, -0.05) is 32.9 Å². The van der Waals surface area contributed by atoms with Gasteiger partial charge in [0.25, 0.3) is 0 Å². The molecule has 0 radical (unpaired) electrons. The van der Waals surface area contributed by atoms with E-state index in [9.17, 15) is 0 Å². The first-order chi connectivity index (χ1) is 14.1. The number of hydrogen-bond acceptors (Lipinski definition) is 4. The van der Waals surface area contributed by atoms with Gasteiger partial charge in [0.15, 0.2) is 5.96 Å². The molecule has 1 aliphatic heterocycles. The minimum atomic E-state index is 0.427. The van der Waals surface area contributed by atoms with Gasteiger partial charge in [-0.3, -0.25) is 0 Å². The topological polar surface area (TPSA) is 69.8 Å². The van der Waals surface area contributed by atoms with Crippen molar-refractivity contribution in [3.63, 3.8) is 0 Å². The van der Waals surface area contributed by atoms with E-state index in [1.54, 1.807) is 0 Å². The molecule has 0 saturated carbocycles. The van der Waals surface area contributed by atoms with Crippen LogP contribution in [0.1, 0.15) is 44.2 Å². The van der Waals surface area contributed by atoms with Crippen molar-refractivity contribution in [1.82, 2.24) is 9.88 Å². The molecule has 0 spiro atoms. The lowest BCUT2D eigenvalue weighted by atomic mass is 9.99. The highest BCUT2D eigenvalue weighted by Gasteiger charge is 2.16. The van der Waals surface area contributed by atoms with Gasteiger partial charge >= 0.3 is 0 Å². The van der Waals surface area contributed by atoms with Gasteiger partial charge in [-0.25, -0.2) is 9.98 Å². The number of nitrogens with two attached hydrogens (primary N) is 1. The quantitative estimate of drug-likeness (QED) is 0.554. The molecule has 6 nitrogen and oxygen atoms in total. The van der Waals surface area contributed by atoms with Crippen LogP contribution in [0.25, 0.3) is 0 Å². The number of likely N-dealkylation sites (N-methyl/N-ethyl adjacent to an activating group) is 1. The minimum absolute atomic E-state index is 0.427. The lowest BCUT2D eigenvalue weighted by Gasteiger charge is -2.34. The van der Waals surface area contributed by atoms with E-state index >= 15 is 0 Å². The average Bonchev–Trinajstić information content (AvgIpc) is 2.78. The van der Waals surface area contributed by atoms with Crippen LogP contribution in [-0.4, -0.2) is 48.6 Å². The molecule has 0 bridgehead atoms. The van der Waals surface area contributed by atoms with Crippen LogP contribution in [-0.2, 0) is 6.54 Å². The first kappa shape index (κ1) is 21.1. The van der Waals surface area contributed by atoms with Crippen LogP contribution in [0, 0.1) is 0 Å². The molecule has 0 aliphatic carbocycles. The number of nitrogens with one attached hydrogen (secondary N) is 1. The van der Waals surface area contributed by atoms with Crippen LogP contribution >= 0.6 is 0 Å². The zero-order valence-electron chi connectivity index (χ0n) is 17.9. The van der Waals surface area contributed by atoms with Crippen LogP contribution in [0.5, 0.6) is 0 Å². The third-order valence-electron chi connectivity index (χ3n) is 5.75. The summed E-state index contributed by atoms with van der Waals surface area (Å²) < 4.78 is 0. The maximum Gasteiger partial charge on any atom is 0.193 e. The van der Waals surface area contributed by atoms with E-state index < -0.39 is 0 Å². The van der Waals surface area contributed by atoms with E-state index in [4.69, 9.17) is 5.73 Å². The molecular weight excluding hydrogens is 360 g/mol. The lowest BCUT2D eigenvalue weighted by Crippen LogP contribution is -2.46. The predicted molar refractivity (Wildman–Crippen MR) is 123 cm³/mol. The molecule has 29 heavy (non-hydrogen) atoms. The number of nitrogens with zero attached hydrogens (tertiary/aromatic N) is 4. The number of pyridine rings is 1. The molecule has 6 heteroatoms. The fourth-order valence-corrected chi connectivity index (χ4v) is 3.52. The van der Waals surface area contributed by atoms with Gasteiger partial charge in [0.1, 0.15) is 5.82 Å². The third kappa shape index (κ3) is 5.94. The van der Waals surface area contributed by atoms with E-state index in [2.05, 4.69) is 76.2 Å². The van der Waals surface area contributed by atoms with Crippen LogP contribution in [0.3, 0.4) is 0 Å². The highest BCUT2D eigenvalue weighted by Crippen LogP contribution is 2.20. The van der Waals surface area contributed by atoms with Crippen molar-refractivity contribution in [3.8, 4) is 0 Å². The number of benzene rings is 1. The Balaban J connectivity index is 1.56. The van der Waals surface area contributed by atoms with Crippen molar-refractivity contribution in [2.75, 3.05) is 42.9 Å². The number of anilines is 2. The Morgan fingerprint density at radius 1 is 1.14 bits per heavy atom. The fourth-order valence-electron chi connectivity index (χ4n) is 3.52. The molecule has 1 saturated heterocycles.